The van der Waals surface area contributed by atoms with Gasteiger partial charge in [0.2, 0.25) is 0 Å². The average Bonchev–Trinajstić information content (AvgIpc) is 2.39. The van der Waals surface area contributed by atoms with E-state index in [2.05, 4.69) is 5.32 Å². The van der Waals surface area contributed by atoms with E-state index < -0.39 is 0 Å². The fourth-order valence-electron chi connectivity index (χ4n) is 1.90. The first-order chi connectivity index (χ1) is 8.86. The number of rotatable bonds is 5. The molecule has 0 saturated carbocycles. The largest absolute Gasteiger partial charge is 0.469 e. The minimum absolute atomic E-state index is 0.0304. The third kappa shape index (κ3) is 4.03. The molecule has 0 aliphatic carbocycles. The van der Waals surface area contributed by atoms with Gasteiger partial charge in [-0.25, -0.2) is 4.39 Å². The Labute approximate surface area is 114 Å². The lowest BCUT2D eigenvalue weighted by Gasteiger charge is -2.24. The second-order valence-electron chi connectivity index (χ2n) is 5.00. The predicted octanol–water partition coefficient (Wildman–Crippen LogP) is 2.98. The Balaban J connectivity index is 2.70. The van der Waals surface area contributed by atoms with Crippen molar-refractivity contribution in [1.29, 1.82) is 0 Å². The van der Waals surface area contributed by atoms with Gasteiger partial charge >= 0.3 is 5.97 Å². The van der Waals surface area contributed by atoms with Gasteiger partial charge in [0, 0.05) is 12.1 Å². The molecule has 1 aromatic carbocycles. The average molecular weight is 267 g/mol. The van der Waals surface area contributed by atoms with Gasteiger partial charge in [0.1, 0.15) is 5.82 Å². The molecule has 0 amide bonds. The van der Waals surface area contributed by atoms with Crippen LogP contribution in [0.2, 0.25) is 0 Å². The van der Waals surface area contributed by atoms with E-state index >= 15 is 0 Å². The normalized spacial score (nSPS) is 15.7. The molecule has 1 N–H and O–H groups in total. The van der Waals surface area contributed by atoms with Crippen LogP contribution in [0.1, 0.15) is 37.9 Å². The fourth-order valence-corrected chi connectivity index (χ4v) is 1.90. The van der Waals surface area contributed by atoms with Crippen molar-refractivity contribution in [3.05, 3.63) is 35.1 Å². The van der Waals surface area contributed by atoms with Gasteiger partial charge in [0.05, 0.1) is 13.0 Å². The van der Waals surface area contributed by atoms with Crippen LogP contribution in [0.15, 0.2) is 18.2 Å². The SMILES string of the molecule is COC(=O)C(C)C(C)NC(C)c1ccc(C)c(F)c1. The number of benzene rings is 1. The molecule has 0 spiro atoms. The second kappa shape index (κ2) is 6.66. The standard InChI is InChI=1S/C15H22FNO2/c1-9-6-7-13(8-14(9)16)12(4)17-11(3)10(2)15(18)19-5/h6-8,10-12,17H,1-5H3. The minimum Gasteiger partial charge on any atom is -0.469 e. The molecule has 0 aromatic heterocycles. The zero-order valence-corrected chi connectivity index (χ0v) is 12.2. The number of carbonyl (C=O) groups is 1. The molecule has 1 rings (SSSR count). The first-order valence-electron chi connectivity index (χ1n) is 6.46. The summed E-state index contributed by atoms with van der Waals surface area (Å²) in [6.07, 6.45) is 0. The minimum atomic E-state index is -0.248. The molecule has 0 saturated heterocycles. The zero-order chi connectivity index (χ0) is 14.6. The number of nitrogens with one attached hydrogen (secondary N) is 1. The van der Waals surface area contributed by atoms with Gasteiger partial charge in [0.25, 0.3) is 0 Å². The highest BCUT2D eigenvalue weighted by Gasteiger charge is 2.22. The summed E-state index contributed by atoms with van der Waals surface area (Å²) in [6, 6.07) is 5.11. The summed E-state index contributed by atoms with van der Waals surface area (Å²) in [4.78, 5) is 11.4. The first kappa shape index (κ1) is 15.6. The van der Waals surface area contributed by atoms with Crippen molar-refractivity contribution in [3.8, 4) is 0 Å². The summed E-state index contributed by atoms with van der Waals surface area (Å²) < 4.78 is 18.2. The number of methoxy groups -OCH3 is 1. The zero-order valence-electron chi connectivity index (χ0n) is 12.2. The molecule has 0 heterocycles. The van der Waals surface area contributed by atoms with Crippen molar-refractivity contribution >= 4 is 5.97 Å². The number of esters is 1. The molecule has 3 unspecified atom stereocenters. The van der Waals surface area contributed by atoms with E-state index in [9.17, 15) is 9.18 Å². The quantitative estimate of drug-likeness (QED) is 0.833. The van der Waals surface area contributed by atoms with Crippen LogP contribution in [-0.2, 0) is 9.53 Å². The summed E-state index contributed by atoms with van der Waals surface area (Å²) in [6.45, 7) is 7.42. The van der Waals surface area contributed by atoms with Gasteiger partial charge in [-0.3, -0.25) is 4.79 Å². The lowest BCUT2D eigenvalue weighted by Crippen LogP contribution is -2.38. The number of aryl methyl sites for hydroxylation is 1. The summed E-state index contributed by atoms with van der Waals surface area (Å²) >= 11 is 0. The third-order valence-corrected chi connectivity index (χ3v) is 3.53. The number of ether oxygens (including phenoxy) is 1. The van der Waals surface area contributed by atoms with Crippen LogP contribution < -0.4 is 5.32 Å². The second-order valence-corrected chi connectivity index (χ2v) is 5.00. The van der Waals surface area contributed by atoms with Gasteiger partial charge < -0.3 is 10.1 Å². The van der Waals surface area contributed by atoms with Crippen LogP contribution in [-0.4, -0.2) is 19.1 Å². The Morgan fingerprint density at radius 1 is 1.32 bits per heavy atom. The number of hydrogen-bond donors (Lipinski definition) is 1. The van der Waals surface area contributed by atoms with Crippen molar-refractivity contribution in [3.63, 3.8) is 0 Å². The molecule has 0 bridgehead atoms. The van der Waals surface area contributed by atoms with E-state index in [0.29, 0.717) is 5.56 Å². The summed E-state index contributed by atoms with van der Waals surface area (Å²) in [7, 11) is 1.38. The van der Waals surface area contributed by atoms with Crippen LogP contribution in [0.4, 0.5) is 4.39 Å². The molecule has 0 aliphatic rings. The van der Waals surface area contributed by atoms with Gasteiger partial charge in [-0.05, 0) is 38.0 Å². The maximum Gasteiger partial charge on any atom is 0.309 e. The van der Waals surface area contributed by atoms with Crippen molar-refractivity contribution in [2.45, 2.75) is 39.8 Å². The van der Waals surface area contributed by atoms with E-state index in [1.807, 2.05) is 26.8 Å². The monoisotopic (exact) mass is 267 g/mol. The van der Waals surface area contributed by atoms with Crippen LogP contribution in [0.5, 0.6) is 0 Å². The molecule has 0 aliphatic heterocycles. The third-order valence-electron chi connectivity index (χ3n) is 3.53. The molecule has 0 fully saturated rings. The van der Waals surface area contributed by atoms with E-state index in [4.69, 9.17) is 4.74 Å². The Morgan fingerprint density at radius 2 is 1.95 bits per heavy atom. The smallest absolute Gasteiger partial charge is 0.309 e. The Bertz CT molecular complexity index is 448. The molecule has 3 nitrogen and oxygen atoms in total. The van der Waals surface area contributed by atoms with Crippen LogP contribution in [0, 0.1) is 18.7 Å². The summed E-state index contributed by atoms with van der Waals surface area (Å²) in [5, 5.41) is 3.29. The van der Waals surface area contributed by atoms with Gasteiger partial charge in [0.15, 0.2) is 0 Å². The van der Waals surface area contributed by atoms with E-state index in [1.165, 1.54) is 13.2 Å². The number of hydrogen-bond acceptors (Lipinski definition) is 3. The molecule has 19 heavy (non-hydrogen) atoms. The topological polar surface area (TPSA) is 38.3 Å². The molecule has 106 valence electrons. The first-order valence-corrected chi connectivity index (χ1v) is 6.46. The van der Waals surface area contributed by atoms with Crippen molar-refractivity contribution in [1.82, 2.24) is 5.32 Å². The number of carbonyl (C=O) groups excluding carboxylic acids is 1. The molecule has 1 aromatic rings. The molecular weight excluding hydrogens is 245 g/mol. The predicted molar refractivity (Wildman–Crippen MR) is 73.3 cm³/mol. The maximum absolute atomic E-state index is 13.5. The van der Waals surface area contributed by atoms with Gasteiger partial charge in [-0.2, -0.15) is 0 Å². The number of halogens is 1. The molecular formula is C15H22FNO2. The fraction of sp³-hybridized carbons (Fsp3) is 0.533. The van der Waals surface area contributed by atoms with Crippen molar-refractivity contribution in [2.24, 2.45) is 5.92 Å². The Kier molecular flexibility index (Phi) is 5.48. The van der Waals surface area contributed by atoms with E-state index in [-0.39, 0.29) is 29.8 Å². The van der Waals surface area contributed by atoms with E-state index in [0.717, 1.165) is 5.56 Å². The highest BCUT2D eigenvalue weighted by Crippen LogP contribution is 2.18. The highest BCUT2D eigenvalue weighted by atomic mass is 19.1. The maximum atomic E-state index is 13.5. The van der Waals surface area contributed by atoms with Crippen molar-refractivity contribution < 1.29 is 13.9 Å². The van der Waals surface area contributed by atoms with Gasteiger partial charge in [-0.15, -0.1) is 0 Å². The molecule has 4 heteroatoms. The van der Waals surface area contributed by atoms with E-state index in [1.54, 1.807) is 13.0 Å². The molecule has 3 atom stereocenters. The van der Waals surface area contributed by atoms with Crippen LogP contribution >= 0.6 is 0 Å². The lowest BCUT2D eigenvalue weighted by molar-refractivity contribution is -0.145. The molecule has 0 radical (unpaired) electrons. The van der Waals surface area contributed by atoms with Gasteiger partial charge in [-0.1, -0.05) is 19.1 Å². The van der Waals surface area contributed by atoms with Crippen LogP contribution in [0.25, 0.3) is 0 Å². The summed E-state index contributed by atoms with van der Waals surface area (Å²) in [5.41, 5.74) is 1.50. The van der Waals surface area contributed by atoms with Crippen LogP contribution in [0.3, 0.4) is 0 Å². The summed E-state index contributed by atoms with van der Waals surface area (Å²) in [5.74, 6) is -0.704. The van der Waals surface area contributed by atoms with Crippen molar-refractivity contribution in [2.75, 3.05) is 7.11 Å². The Morgan fingerprint density at radius 3 is 2.47 bits per heavy atom. The highest BCUT2D eigenvalue weighted by molar-refractivity contribution is 5.72. The Hall–Kier alpha value is -1.42. The lowest BCUT2D eigenvalue weighted by atomic mass is 10.0.